The molecule has 0 aliphatic carbocycles. The van der Waals surface area contributed by atoms with Crippen LogP contribution in [-0.2, 0) is 4.74 Å². The van der Waals surface area contributed by atoms with Crippen LogP contribution >= 0.6 is 11.3 Å². The van der Waals surface area contributed by atoms with Crippen molar-refractivity contribution in [2.75, 3.05) is 13.4 Å². The van der Waals surface area contributed by atoms with Crippen molar-refractivity contribution in [2.24, 2.45) is 4.99 Å². The van der Waals surface area contributed by atoms with Gasteiger partial charge in [-0.15, -0.1) is 11.3 Å². The Bertz CT molecular complexity index is 1160. The highest BCUT2D eigenvalue weighted by Gasteiger charge is 2.24. The summed E-state index contributed by atoms with van der Waals surface area (Å²) in [5.74, 6) is 1.17. The summed E-state index contributed by atoms with van der Waals surface area (Å²) in [5, 5.41) is 0.890. The van der Waals surface area contributed by atoms with Crippen molar-refractivity contribution in [3.63, 3.8) is 0 Å². The molecule has 0 saturated heterocycles. The second-order valence-corrected chi connectivity index (χ2v) is 8.34. The van der Waals surface area contributed by atoms with E-state index in [1.54, 1.807) is 11.3 Å². The topological polar surface area (TPSA) is 62.1 Å². The Hall–Kier alpha value is -3.06. The average molecular weight is 425 g/mol. The number of aliphatic imine (C=N–C) groups is 1. The first kappa shape index (κ1) is 20.2. The van der Waals surface area contributed by atoms with Crippen LogP contribution in [0.2, 0.25) is 0 Å². The van der Waals surface area contributed by atoms with E-state index in [1.165, 1.54) is 0 Å². The average Bonchev–Trinajstić information content (AvgIpc) is 3.37. The number of fused-ring (bicyclic) bond motifs is 1. The summed E-state index contributed by atoms with van der Waals surface area (Å²) in [6.07, 6.45) is 1.84. The molecule has 0 radical (unpaired) electrons. The maximum absolute atomic E-state index is 12.6. The fourth-order valence-electron chi connectivity index (χ4n) is 3.55. The highest BCUT2D eigenvalue weighted by atomic mass is 32.1. The third kappa shape index (κ3) is 3.50. The van der Waals surface area contributed by atoms with E-state index >= 15 is 0 Å². The number of aromatic nitrogens is 1. The van der Waals surface area contributed by atoms with Gasteiger partial charge in [0.05, 0.1) is 17.9 Å². The number of carbonyl (C=O) groups is 1. The summed E-state index contributed by atoms with van der Waals surface area (Å²) in [4.78, 5) is 18.3. The Balaban J connectivity index is 1.71. The number of carbonyl (C=O) groups excluding carboxylic acids is 1. The van der Waals surface area contributed by atoms with Crippen molar-refractivity contribution in [3.8, 4) is 16.5 Å². The minimum Gasteiger partial charge on any atom is -0.462 e. The van der Waals surface area contributed by atoms with Crippen molar-refractivity contribution in [2.45, 2.75) is 34.6 Å². The molecule has 0 N–H and O–H groups in total. The van der Waals surface area contributed by atoms with E-state index in [-0.39, 0.29) is 12.8 Å². The van der Waals surface area contributed by atoms with Crippen LogP contribution in [0.15, 0.2) is 29.3 Å². The predicted octanol–water partition coefficient (Wildman–Crippen LogP) is 5.43. The van der Waals surface area contributed by atoms with E-state index < -0.39 is 0 Å². The zero-order chi connectivity index (χ0) is 21.4. The van der Waals surface area contributed by atoms with Gasteiger partial charge in [-0.25, -0.2) is 4.79 Å². The minimum atomic E-state index is -0.280. The predicted molar refractivity (Wildman–Crippen MR) is 118 cm³/mol. The Morgan fingerprint density at radius 3 is 2.73 bits per heavy atom. The first-order valence-electron chi connectivity index (χ1n) is 9.80. The number of nitrogens with zero attached hydrogens (tertiary/aromatic N) is 2. The van der Waals surface area contributed by atoms with Crippen LogP contribution in [0, 0.1) is 27.7 Å². The van der Waals surface area contributed by atoms with Gasteiger partial charge >= 0.3 is 5.97 Å². The van der Waals surface area contributed by atoms with Crippen molar-refractivity contribution in [1.82, 2.24) is 4.57 Å². The number of rotatable bonds is 5. The molecular formula is C23H24N2O4S. The summed E-state index contributed by atoms with van der Waals surface area (Å²) < 4.78 is 18.2. The molecule has 0 fully saturated rings. The molecule has 3 aromatic rings. The second-order valence-electron chi connectivity index (χ2n) is 7.14. The lowest BCUT2D eigenvalue weighted by Crippen LogP contribution is -2.10. The minimum absolute atomic E-state index is 0.242. The van der Waals surface area contributed by atoms with Crippen LogP contribution in [0.4, 0.5) is 5.69 Å². The van der Waals surface area contributed by atoms with Gasteiger partial charge in [0.1, 0.15) is 5.00 Å². The first-order valence-corrected chi connectivity index (χ1v) is 10.6. The van der Waals surface area contributed by atoms with Gasteiger partial charge in [-0.2, -0.15) is 0 Å². The molecule has 156 valence electrons. The summed E-state index contributed by atoms with van der Waals surface area (Å²) >= 11 is 1.61. The van der Waals surface area contributed by atoms with E-state index in [2.05, 4.69) is 15.6 Å². The van der Waals surface area contributed by atoms with E-state index in [0.29, 0.717) is 17.9 Å². The van der Waals surface area contributed by atoms with Crippen molar-refractivity contribution >= 4 is 29.2 Å². The highest BCUT2D eigenvalue weighted by Crippen LogP contribution is 2.36. The van der Waals surface area contributed by atoms with E-state index in [9.17, 15) is 4.79 Å². The van der Waals surface area contributed by atoms with Crippen molar-refractivity contribution < 1.29 is 19.0 Å². The van der Waals surface area contributed by atoms with E-state index in [0.717, 1.165) is 43.8 Å². The monoisotopic (exact) mass is 424 g/mol. The molecule has 0 bridgehead atoms. The Morgan fingerprint density at radius 1 is 1.20 bits per heavy atom. The second kappa shape index (κ2) is 7.99. The summed E-state index contributed by atoms with van der Waals surface area (Å²) in [7, 11) is 0. The molecule has 7 heteroatoms. The number of aryl methyl sites for hydroxylation is 2. The van der Waals surface area contributed by atoms with Gasteiger partial charge in [-0.05, 0) is 58.4 Å². The Morgan fingerprint density at radius 2 is 1.97 bits per heavy atom. The first-order chi connectivity index (χ1) is 14.4. The molecule has 0 atom stereocenters. The number of benzene rings is 1. The molecule has 2 aromatic heterocycles. The molecule has 0 unspecified atom stereocenters. The fourth-order valence-corrected chi connectivity index (χ4v) is 4.81. The van der Waals surface area contributed by atoms with E-state index in [1.807, 2.05) is 59.0 Å². The van der Waals surface area contributed by atoms with Crippen LogP contribution in [0.1, 0.15) is 44.7 Å². The van der Waals surface area contributed by atoms with Gasteiger partial charge in [0.2, 0.25) is 6.79 Å². The Kier molecular flexibility index (Phi) is 5.39. The molecule has 1 aliphatic rings. The molecule has 3 heterocycles. The summed E-state index contributed by atoms with van der Waals surface area (Å²) in [6.45, 7) is 10.5. The van der Waals surface area contributed by atoms with Crippen LogP contribution in [0.3, 0.4) is 0 Å². The summed E-state index contributed by atoms with van der Waals surface area (Å²) in [5.41, 5.74) is 5.44. The Labute approximate surface area is 179 Å². The molecule has 4 rings (SSSR count). The molecule has 30 heavy (non-hydrogen) atoms. The molecule has 1 aromatic carbocycles. The van der Waals surface area contributed by atoms with Gasteiger partial charge in [-0.3, -0.25) is 4.99 Å². The fraction of sp³-hybridized carbons (Fsp3) is 0.304. The molecule has 6 nitrogen and oxygen atoms in total. The van der Waals surface area contributed by atoms with E-state index in [4.69, 9.17) is 14.2 Å². The lowest BCUT2D eigenvalue weighted by atomic mass is 10.1. The number of hydrogen-bond acceptors (Lipinski definition) is 6. The van der Waals surface area contributed by atoms with Crippen LogP contribution in [-0.4, -0.2) is 30.2 Å². The van der Waals surface area contributed by atoms with Gasteiger partial charge < -0.3 is 18.8 Å². The standard InChI is InChI=1S/C23H24N2O4S/c1-6-27-23(26)21-14(3)16(5)30-22(21)25-13(2)9-17(15(25)4)11-24-18-7-8-19-20(10-18)29-12-28-19/h7-11H,6,12H2,1-5H3. The largest absolute Gasteiger partial charge is 0.462 e. The maximum Gasteiger partial charge on any atom is 0.341 e. The number of esters is 1. The molecule has 0 amide bonds. The highest BCUT2D eigenvalue weighted by molar-refractivity contribution is 7.15. The lowest BCUT2D eigenvalue weighted by molar-refractivity contribution is 0.0526. The molecular weight excluding hydrogens is 400 g/mol. The SMILES string of the molecule is CCOC(=O)c1c(-n2c(C)cc(C=Nc3ccc4c(c3)OCO4)c2C)sc(C)c1C. The zero-order valence-corrected chi connectivity index (χ0v) is 18.6. The van der Waals surface area contributed by atoms with Crippen LogP contribution in [0.5, 0.6) is 11.5 Å². The molecule has 0 spiro atoms. The van der Waals surface area contributed by atoms with Gasteiger partial charge in [0.25, 0.3) is 0 Å². The van der Waals surface area contributed by atoms with Crippen molar-refractivity contribution in [1.29, 1.82) is 0 Å². The van der Waals surface area contributed by atoms with Crippen molar-refractivity contribution in [3.05, 3.63) is 57.2 Å². The third-order valence-corrected chi connectivity index (χ3v) is 6.42. The number of ether oxygens (including phenoxy) is 3. The van der Waals surface area contributed by atoms with Gasteiger partial charge in [0.15, 0.2) is 11.5 Å². The van der Waals surface area contributed by atoms with Crippen LogP contribution in [0.25, 0.3) is 5.00 Å². The molecule has 1 aliphatic heterocycles. The maximum atomic E-state index is 12.6. The van der Waals surface area contributed by atoms with Crippen LogP contribution < -0.4 is 9.47 Å². The third-order valence-electron chi connectivity index (χ3n) is 5.23. The number of hydrogen-bond donors (Lipinski definition) is 0. The smallest absolute Gasteiger partial charge is 0.341 e. The quantitative estimate of drug-likeness (QED) is 0.405. The van der Waals surface area contributed by atoms with Gasteiger partial charge in [0, 0.05) is 34.1 Å². The molecule has 0 saturated carbocycles. The lowest BCUT2D eigenvalue weighted by Gasteiger charge is -2.10. The zero-order valence-electron chi connectivity index (χ0n) is 17.7. The van der Waals surface area contributed by atoms with Gasteiger partial charge in [-0.1, -0.05) is 0 Å². The number of thiophene rings is 1. The summed E-state index contributed by atoms with van der Waals surface area (Å²) in [6, 6.07) is 7.70. The normalized spacial score (nSPS) is 12.7.